The average molecular weight is 390 g/mol. The molecule has 1 aliphatic rings. The van der Waals surface area contributed by atoms with E-state index in [0.717, 1.165) is 19.3 Å². The van der Waals surface area contributed by atoms with E-state index in [4.69, 9.17) is 5.84 Å². The highest BCUT2D eigenvalue weighted by molar-refractivity contribution is 8.00. The van der Waals surface area contributed by atoms with E-state index in [-0.39, 0.29) is 17.0 Å². The molecule has 6 nitrogen and oxygen atoms in total. The van der Waals surface area contributed by atoms with Gasteiger partial charge in [-0.25, -0.2) is 9.07 Å². The Labute approximate surface area is 162 Å². The Bertz CT molecular complexity index is 835. The lowest BCUT2D eigenvalue weighted by Crippen LogP contribution is -2.32. The molecule has 1 aliphatic carbocycles. The van der Waals surface area contributed by atoms with E-state index < -0.39 is 0 Å². The van der Waals surface area contributed by atoms with Crippen molar-refractivity contribution in [1.82, 2.24) is 20.2 Å². The second kappa shape index (κ2) is 9.03. The van der Waals surface area contributed by atoms with Crippen molar-refractivity contribution in [3.8, 4) is 11.4 Å². The lowest BCUT2D eigenvalue weighted by atomic mass is 9.97. The van der Waals surface area contributed by atoms with Crippen LogP contribution in [0.25, 0.3) is 11.4 Å². The van der Waals surface area contributed by atoms with Crippen LogP contribution in [0.4, 0.5) is 4.39 Å². The van der Waals surface area contributed by atoms with Gasteiger partial charge < -0.3 is 11.2 Å². The maximum absolute atomic E-state index is 13.4. The fourth-order valence-corrected chi connectivity index (χ4v) is 3.81. The van der Waals surface area contributed by atoms with Crippen molar-refractivity contribution >= 4 is 17.7 Å². The zero-order chi connectivity index (χ0) is 19.2. The van der Waals surface area contributed by atoms with Crippen LogP contribution in [0.2, 0.25) is 0 Å². The van der Waals surface area contributed by atoms with Crippen LogP contribution in [-0.4, -0.2) is 32.6 Å². The molecule has 1 heterocycles. The number of nitrogens with zero attached hydrogens (tertiary/aromatic N) is 3. The monoisotopic (exact) mass is 389 g/mol. The summed E-state index contributed by atoms with van der Waals surface area (Å²) in [6, 6.07) is 6.00. The molecule has 0 saturated carbocycles. The summed E-state index contributed by atoms with van der Waals surface area (Å²) in [5.41, 5.74) is 1.97. The van der Waals surface area contributed by atoms with Crippen LogP contribution < -0.4 is 11.2 Å². The molecule has 1 amide bonds. The Morgan fingerprint density at radius 2 is 2.26 bits per heavy atom. The number of halogens is 1. The molecule has 0 aliphatic heterocycles. The van der Waals surface area contributed by atoms with Gasteiger partial charge in [-0.3, -0.25) is 4.79 Å². The quantitative estimate of drug-likeness (QED) is 0.431. The zero-order valence-electron chi connectivity index (χ0n) is 15.3. The number of carbonyl (C=O) groups is 1. The summed E-state index contributed by atoms with van der Waals surface area (Å²) in [6.07, 6.45) is 7.99. The van der Waals surface area contributed by atoms with Crippen molar-refractivity contribution < 1.29 is 9.18 Å². The van der Waals surface area contributed by atoms with Crippen LogP contribution in [0.15, 0.2) is 41.1 Å². The van der Waals surface area contributed by atoms with Gasteiger partial charge in [-0.1, -0.05) is 35.5 Å². The van der Waals surface area contributed by atoms with Crippen molar-refractivity contribution in [2.75, 3.05) is 12.4 Å². The third-order valence-electron chi connectivity index (χ3n) is 4.53. The van der Waals surface area contributed by atoms with Gasteiger partial charge in [-0.15, -0.1) is 10.2 Å². The fraction of sp³-hybridized carbons (Fsp3) is 0.421. The van der Waals surface area contributed by atoms with E-state index in [9.17, 15) is 9.18 Å². The molecule has 8 heteroatoms. The number of nitrogen functional groups attached to an aromatic ring is 1. The highest BCUT2D eigenvalue weighted by Gasteiger charge is 2.20. The first-order chi connectivity index (χ1) is 13.0. The Morgan fingerprint density at radius 1 is 1.41 bits per heavy atom. The third-order valence-corrected chi connectivity index (χ3v) is 5.59. The van der Waals surface area contributed by atoms with Gasteiger partial charge in [0.2, 0.25) is 11.1 Å². The summed E-state index contributed by atoms with van der Waals surface area (Å²) in [6.45, 7) is 2.44. The highest BCUT2D eigenvalue weighted by atomic mass is 32.2. The lowest BCUT2D eigenvalue weighted by molar-refractivity contribution is -0.120. The van der Waals surface area contributed by atoms with E-state index in [1.165, 1.54) is 47.0 Å². The molecular weight excluding hydrogens is 365 g/mol. The largest absolute Gasteiger partial charge is 0.355 e. The molecule has 1 aromatic carbocycles. The second-order valence-electron chi connectivity index (χ2n) is 6.60. The maximum Gasteiger partial charge on any atom is 0.233 e. The summed E-state index contributed by atoms with van der Waals surface area (Å²) in [5, 5.41) is 11.1. The molecule has 1 atom stereocenters. The van der Waals surface area contributed by atoms with Crippen molar-refractivity contribution in [1.29, 1.82) is 0 Å². The standard InChI is InChI=1S/C19H24FN5OS/c1-13(18(26)22-11-10-14-6-3-2-4-7-14)27-19-24-23-17(25(19)21)15-8-5-9-16(20)12-15/h5-6,8-9,12-13H,2-4,7,10-11,21H2,1H3,(H,22,26)/t13-/m0/s1. The highest BCUT2D eigenvalue weighted by Crippen LogP contribution is 2.25. The molecule has 2 aromatic rings. The van der Waals surface area contributed by atoms with Gasteiger partial charge in [-0.05, 0) is 51.2 Å². The Kier molecular flexibility index (Phi) is 6.49. The summed E-state index contributed by atoms with van der Waals surface area (Å²) in [4.78, 5) is 12.3. The number of hydrogen-bond donors (Lipinski definition) is 2. The van der Waals surface area contributed by atoms with Crippen LogP contribution >= 0.6 is 11.8 Å². The summed E-state index contributed by atoms with van der Waals surface area (Å²) < 4.78 is 14.7. The number of aromatic nitrogens is 3. The number of nitrogens with two attached hydrogens (primary N) is 1. The van der Waals surface area contributed by atoms with Gasteiger partial charge in [0, 0.05) is 12.1 Å². The van der Waals surface area contributed by atoms with Crippen LogP contribution in [0.3, 0.4) is 0 Å². The van der Waals surface area contributed by atoms with E-state index in [2.05, 4.69) is 21.6 Å². The van der Waals surface area contributed by atoms with Crippen molar-refractivity contribution in [3.63, 3.8) is 0 Å². The molecule has 0 spiro atoms. The minimum atomic E-state index is -0.370. The van der Waals surface area contributed by atoms with Crippen LogP contribution in [0.5, 0.6) is 0 Å². The summed E-state index contributed by atoms with van der Waals surface area (Å²) >= 11 is 1.23. The molecule has 0 radical (unpaired) electrons. The number of nitrogens with one attached hydrogen (secondary N) is 1. The van der Waals surface area contributed by atoms with Crippen molar-refractivity contribution in [2.24, 2.45) is 0 Å². The number of benzene rings is 1. The first-order valence-electron chi connectivity index (χ1n) is 9.13. The predicted molar refractivity (Wildman–Crippen MR) is 105 cm³/mol. The van der Waals surface area contributed by atoms with Crippen LogP contribution in [0.1, 0.15) is 39.0 Å². The minimum absolute atomic E-state index is 0.0632. The summed E-state index contributed by atoms with van der Waals surface area (Å²) in [7, 11) is 0. The molecule has 0 unspecified atom stereocenters. The molecule has 3 rings (SSSR count). The zero-order valence-corrected chi connectivity index (χ0v) is 16.1. The topological polar surface area (TPSA) is 85.8 Å². The Morgan fingerprint density at radius 3 is 3.00 bits per heavy atom. The second-order valence-corrected chi connectivity index (χ2v) is 7.90. The molecular formula is C19H24FN5OS. The summed E-state index contributed by atoms with van der Waals surface area (Å²) in [5.74, 6) is 5.96. The van der Waals surface area contributed by atoms with Gasteiger partial charge in [0.25, 0.3) is 0 Å². The third kappa shape index (κ3) is 5.09. The average Bonchev–Trinajstić information content (AvgIpc) is 3.03. The van der Waals surface area contributed by atoms with E-state index in [1.54, 1.807) is 19.1 Å². The van der Waals surface area contributed by atoms with Crippen molar-refractivity contribution in [2.45, 2.75) is 49.4 Å². The molecule has 0 fully saturated rings. The minimum Gasteiger partial charge on any atom is -0.355 e. The number of amides is 1. The van der Waals surface area contributed by atoms with E-state index >= 15 is 0 Å². The van der Waals surface area contributed by atoms with Crippen LogP contribution in [-0.2, 0) is 4.79 Å². The first kappa shape index (κ1) is 19.4. The van der Waals surface area contributed by atoms with Crippen molar-refractivity contribution in [3.05, 3.63) is 41.7 Å². The molecule has 1 aromatic heterocycles. The first-order valence-corrected chi connectivity index (χ1v) is 10.0. The molecule has 27 heavy (non-hydrogen) atoms. The number of allylic oxidation sites excluding steroid dienone is 1. The van der Waals surface area contributed by atoms with Gasteiger partial charge in [0.05, 0.1) is 5.25 Å². The smallest absolute Gasteiger partial charge is 0.233 e. The number of carbonyl (C=O) groups excluding carboxylic acids is 1. The normalized spacial score (nSPS) is 15.3. The Hall–Kier alpha value is -2.35. The number of thioether (sulfide) groups is 1. The van der Waals surface area contributed by atoms with Gasteiger partial charge in [-0.2, -0.15) is 0 Å². The van der Waals surface area contributed by atoms with E-state index in [0.29, 0.717) is 23.1 Å². The van der Waals surface area contributed by atoms with Gasteiger partial charge in [0.1, 0.15) is 5.82 Å². The molecule has 0 bridgehead atoms. The van der Waals surface area contributed by atoms with Gasteiger partial charge in [0.15, 0.2) is 5.82 Å². The molecule has 3 N–H and O–H groups in total. The van der Waals surface area contributed by atoms with Gasteiger partial charge >= 0.3 is 0 Å². The fourth-order valence-electron chi connectivity index (χ4n) is 3.02. The maximum atomic E-state index is 13.4. The molecule has 0 saturated heterocycles. The Balaban J connectivity index is 1.55. The number of rotatable bonds is 7. The van der Waals surface area contributed by atoms with E-state index in [1.807, 2.05) is 0 Å². The predicted octanol–water partition coefficient (Wildman–Crippen LogP) is 3.29. The van der Waals surface area contributed by atoms with Crippen LogP contribution in [0, 0.1) is 5.82 Å². The number of hydrogen-bond acceptors (Lipinski definition) is 5. The molecule has 144 valence electrons. The lowest BCUT2D eigenvalue weighted by Gasteiger charge is -2.14. The SMILES string of the molecule is C[C@H](Sc1nnc(-c2cccc(F)c2)n1N)C(=O)NCCC1=CCCCC1.